The third kappa shape index (κ3) is 3.53. The molecule has 0 aliphatic carbocycles. The number of likely N-dealkylation sites (tertiary alicyclic amines) is 1. The van der Waals surface area contributed by atoms with Gasteiger partial charge in [0.1, 0.15) is 0 Å². The van der Waals surface area contributed by atoms with Crippen molar-refractivity contribution in [2.45, 2.75) is 32.7 Å². The molecule has 1 N–H and O–H groups in total. The monoisotopic (exact) mass is 207 g/mol. The van der Waals surface area contributed by atoms with Crippen molar-refractivity contribution in [3.05, 3.63) is 0 Å². The molecule has 0 aromatic heterocycles. The van der Waals surface area contributed by atoms with E-state index >= 15 is 0 Å². The smallest absolute Gasteiger partial charge is 0.306 e. The number of hydrogen-bond donors (Lipinski definition) is 1. The zero-order valence-electron chi connectivity index (χ0n) is 8.19. The van der Waals surface area contributed by atoms with Gasteiger partial charge in [-0.3, -0.25) is 4.79 Å². The summed E-state index contributed by atoms with van der Waals surface area (Å²) < 4.78 is 0. The van der Waals surface area contributed by atoms with Crippen molar-refractivity contribution in [3.63, 3.8) is 0 Å². The van der Waals surface area contributed by atoms with Crippen molar-refractivity contribution in [3.8, 4) is 0 Å². The van der Waals surface area contributed by atoms with Crippen LogP contribution in [-0.2, 0) is 4.79 Å². The van der Waals surface area contributed by atoms with Crippen molar-refractivity contribution in [1.82, 2.24) is 4.90 Å². The summed E-state index contributed by atoms with van der Waals surface area (Å²) in [5.41, 5.74) is 0. The van der Waals surface area contributed by atoms with Crippen LogP contribution in [0.1, 0.15) is 26.7 Å². The number of nitrogens with zero attached hydrogens (tertiary/aromatic N) is 1. The van der Waals surface area contributed by atoms with E-state index in [-0.39, 0.29) is 18.3 Å². The van der Waals surface area contributed by atoms with Crippen molar-refractivity contribution >= 4 is 18.4 Å². The SMILES string of the molecule is CC(C)N1CCC(C(=O)O)CC1.Cl. The molecule has 1 aliphatic rings. The molecule has 1 rings (SSSR count). The van der Waals surface area contributed by atoms with Crippen LogP contribution in [0.2, 0.25) is 0 Å². The molecular weight excluding hydrogens is 190 g/mol. The van der Waals surface area contributed by atoms with Crippen LogP contribution in [0.15, 0.2) is 0 Å². The highest BCUT2D eigenvalue weighted by Crippen LogP contribution is 2.18. The molecule has 0 amide bonds. The van der Waals surface area contributed by atoms with Crippen LogP contribution in [0, 0.1) is 5.92 Å². The van der Waals surface area contributed by atoms with E-state index in [9.17, 15) is 4.79 Å². The fourth-order valence-electron chi connectivity index (χ4n) is 1.66. The first kappa shape index (κ1) is 12.7. The number of rotatable bonds is 2. The molecule has 4 heteroatoms. The Kier molecular flexibility index (Phi) is 5.33. The van der Waals surface area contributed by atoms with Gasteiger partial charge in [0.15, 0.2) is 0 Å². The molecule has 78 valence electrons. The van der Waals surface area contributed by atoms with Crippen molar-refractivity contribution in [2.75, 3.05) is 13.1 Å². The number of piperidine rings is 1. The molecule has 1 aliphatic heterocycles. The molecule has 1 heterocycles. The second kappa shape index (κ2) is 5.45. The maximum Gasteiger partial charge on any atom is 0.306 e. The highest BCUT2D eigenvalue weighted by atomic mass is 35.5. The predicted molar refractivity (Wildman–Crippen MR) is 54.3 cm³/mol. The average molecular weight is 208 g/mol. The minimum Gasteiger partial charge on any atom is -0.481 e. The third-order valence-corrected chi connectivity index (χ3v) is 2.61. The summed E-state index contributed by atoms with van der Waals surface area (Å²) in [6.45, 7) is 6.19. The van der Waals surface area contributed by atoms with Gasteiger partial charge in [-0.15, -0.1) is 12.4 Å². The van der Waals surface area contributed by atoms with E-state index in [0.717, 1.165) is 25.9 Å². The van der Waals surface area contributed by atoms with E-state index in [2.05, 4.69) is 18.7 Å². The summed E-state index contributed by atoms with van der Waals surface area (Å²) in [5, 5.41) is 8.74. The zero-order chi connectivity index (χ0) is 9.14. The van der Waals surface area contributed by atoms with E-state index < -0.39 is 5.97 Å². The van der Waals surface area contributed by atoms with Gasteiger partial charge in [-0.25, -0.2) is 0 Å². The number of carbonyl (C=O) groups is 1. The maximum atomic E-state index is 10.6. The number of carboxylic acid groups (broad SMARTS) is 1. The van der Waals surface area contributed by atoms with Crippen LogP contribution < -0.4 is 0 Å². The van der Waals surface area contributed by atoms with Crippen molar-refractivity contribution in [1.29, 1.82) is 0 Å². The van der Waals surface area contributed by atoms with Gasteiger partial charge in [-0.1, -0.05) is 0 Å². The second-order valence-electron chi connectivity index (χ2n) is 3.74. The highest BCUT2D eigenvalue weighted by Gasteiger charge is 2.25. The van der Waals surface area contributed by atoms with Crippen LogP contribution >= 0.6 is 12.4 Å². The Labute approximate surface area is 85.5 Å². The molecule has 13 heavy (non-hydrogen) atoms. The first-order chi connectivity index (χ1) is 5.61. The largest absolute Gasteiger partial charge is 0.481 e. The second-order valence-corrected chi connectivity index (χ2v) is 3.74. The molecule has 1 saturated heterocycles. The molecule has 0 atom stereocenters. The molecule has 0 radical (unpaired) electrons. The van der Waals surface area contributed by atoms with Crippen molar-refractivity contribution in [2.24, 2.45) is 5.92 Å². The molecule has 3 nitrogen and oxygen atoms in total. The van der Waals surface area contributed by atoms with E-state index in [1.54, 1.807) is 0 Å². The van der Waals surface area contributed by atoms with Crippen LogP contribution in [0.3, 0.4) is 0 Å². The molecule has 0 saturated carbocycles. The lowest BCUT2D eigenvalue weighted by molar-refractivity contribution is -0.143. The van der Waals surface area contributed by atoms with E-state index in [1.165, 1.54) is 0 Å². The Balaban J connectivity index is 0.00000144. The summed E-state index contributed by atoms with van der Waals surface area (Å²) in [6.07, 6.45) is 1.63. The lowest BCUT2D eigenvalue weighted by Crippen LogP contribution is -2.40. The molecule has 1 fully saturated rings. The van der Waals surface area contributed by atoms with Gasteiger partial charge >= 0.3 is 5.97 Å². The number of aliphatic carboxylic acids is 1. The third-order valence-electron chi connectivity index (χ3n) is 2.61. The first-order valence-electron chi connectivity index (χ1n) is 4.58. The Morgan fingerprint density at radius 3 is 2.15 bits per heavy atom. The van der Waals surface area contributed by atoms with Crippen molar-refractivity contribution < 1.29 is 9.90 Å². The molecule has 0 aromatic carbocycles. The van der Waals surface area contributed by atoms with Crippen LogP contribution in [0.4, 0.5) is 0 Å². The number of carboxylic acids is 1. The predicted octanol–water partition coefficient (Wildman–Crippen LogP) is 1.61. The molecule has 0 bridgehead atoms. The molecule has 0 aromatic rings. The van der Waals surface area contributed by atoms with E-state index in [0.29, 0.717) is 6.04 Å². The van der Waals surface area contributed by atoms with Gasteiger partial charge in [-0.05, 0) is 39.8 Å². The molecule has 0 spiro atoms. The summed E-state index contributed by atoms with van der Waals surface area (Å²) in [6, 6.07) is 0.555. The topological polar surface area (TPSA) is 40.5 Å². The number of halogens is 1. The van der Waals surface area contributed by atoms with Gasteiger partial charge in [0.2, 0.25) is 0 Å². The fourth-order valence-corrected chi connectivity index (χ4v) is 1.66. The number of hydrogen-bond acceptors (Lipinski definition) is 2. The summed E-state index contributed by atoms with van der Waals surface area (Å²) >= 11 is 0. The summed E-state index contributed by atoms with van der Waals surface area (Å²) in [4.78, 5) is 12.9. The first-order valence-corrected chi connectivity index (χ1v) is 4.58. The minimum atomic E-state index is -0.626. The average Bonchev–Trinajstić information content (AvgIpc) is 2.04. The normalized spacial score (nSPS) is 19.9. The Hall–Kier alpha value is -0.280. The zero-order valence-corrected chi connectivity index (χ0v) is 9.01. The lowest BCUT2D eigenvalue weighted by atomic mass is 9.96. The Morgan fingerprint density at radius 2 is 1.85 bits per heavy atom. The summed E-state index contributed by atoms with van der Waals surface area (Å²) in [5.74, 6) is -0.724. The van der Waals surface area contributed by atoms with E-state index in [4.69, 9.17) is 5.11 Å². The molecule has 0 unspecified atom stereocenters. The Bertz CT molecular complexity index is 165. The lowest BCUT2D eigenvalue weighted by Gasteiger charge is -2.32. The standard InChI is InChI=1S/C9H17NO2.ClH/c1-7(2)10-5-3-8(4-6-10)9(11)12;/h7-8H,3-6H2,1-2H3,(H,11,12);1H. The minimum absolute atomic E-state index is 0. The Morgan fingerprint density at radius 1 is 1.38 bits per heavy atom. The summed E-state index contributed by atoms with van der Waals surface area (Å²) in [7, 11) is 0. The van der Waals surface area contributed by atoms with Gasteiger partial charge < -0.3 is 10.0 Å². The van der Waals surface area contributed by atoms with Gasteiger partial charge in [-0.2, -0.15) is 0 Å². The highest BCUT2D eigenvalue weighted by molar-refractivity contribution is 5.85. The van der Waals surface area contributed by atoms with Crippen LogP contribution in [0.25, 0.3) is 0 Å². The fraction of sp³-hybridized carbons (Fsp3) is 0.889. The van der Waals surface area contributed by atoms with Crippen LogP contribution in [-0.4, -0.2) is 35.1 Å². The quantitative estimate of drug-likeness (QED) is 0.748. The van der Waals surface area contributed by atoms with E-state index in [1.807, 2.05) is 0 Å². The van der Waals surface area contributed by atoms with Gasteiger partial charge in [0.05, 0.1) is 5.92 Å². The maximum absolute atomic E-state index is 10.6. The van der Waals surface area contributed by atoms with Crippen LogP contribution in [0.5, 0.6) is 0 Å². The van der Waals surface area contributed by atoms with Gasteiger partial charge in [0.25, 0.3) is 0 Å². The van der Waals surface area contributed by atoms with Gasteiger partial charge in [0, 0.05) is 6.04 Å². The molecular formula is C9H18ClNO2.